The van der Waals surface area contributed by atoms with Crippen LogP contribution in [0.4, 0.5) is 5.69 Å². The average molecular weight is 437 g/mol. The van der Waals surface area contributed by atoms with Gasteiger partial charge in [-0.2, -0.15) is 0 Å². The topological polar surface area (TPSA) is 75.3 Å². The van der Waals surface area contributed by atoms with Crippen LogP contribution in [-0.2, 0) is 10.0 Å². The number of nitrogens with one attached hydrogen (secondary N) is 2. The van der Waals surface area contributed by atoms with E-state index in [1.165, 1.54) is 23.3 Å². The Bertz CT molecular complexity index is 1200. The van der Waals surface area contributed by atoms with Crippen molar-refractivity contribution in [3.63, 3.8) is 0 Å². The van der Waals surface area contributed by atoms with E-state index >= 15 is 0 Å². The fraction of sp³-hybridized carbons (Fsp3) is 0.240. The van der Waals surface area contributed by atoms with Gasteiger partial charge in [-0.1, -0.05) is 49.4 Å². The van der Waals surface area contributed by atoms with Gasteiger partial charge in [0.1, 0.15) is 0 Å². The number of amides is 1. The minimum Gasteiger partial charge on any atom is -0.345 e. The van der Waals surface area contributed by atoms with Crippen molar-refractivity contribution >= 4 is 21.6 Å². The Kier molecular flexibility index (Phi) is 6.81. The third-order valence-corrected chi connectivity index (χ3v) is 6.81. The third-order valence-electron chi connectivity index (χ3n) is 5.44. The molecule has 6 heteroatoms. The molecule has 0 fully saturated rings. The van der Waals surface area contributed by atoms with Gasteiger partial charge in [0.05, 0.1) is 16.6 Å². The van der Waals surface area contributed by atoms with Crippen molar-refractivity contribution in [1.29, 1.82) is 0 Å². The van der Waals surface area contributed by atoms with E-state index in [4.69, 9.17) is 0 Å². The van der Waals surface area contributed by atoms with Crippen molar-refractivity contribution < 1.29 is 13.2 Å². The number of sulfonamides is 1. The van der Waals surface area contributed by atoms with Crippen molar-refractivity contribution in [1.82, 2.24) is 5.32 Å². The minimum absolute atomic E-state index is 0.0441. The number of carbonyl (C=O) groups excluding carboxylic acids is 1. The molecule has 5 nitrogen and oxygen atoms in total. The lowest BCUT2D eigenvalue weighted by atomic mass is 9.99. The zero-order valence-electron chi connectivity index (χ0n) is 18.3. The van der Waals surface area contributed by atoms with Gasteiger partial charge >= 0.3 is 0 Å². The van der Waals surface area contributed by atoms with E-state index in [0.29, 0.717) is 11.3 Å². The second kappa shape index (κ2) is 9.35. The number of aryl methyl sites for hydroxylation is 3. The first-order valence-electron chi connectivity index (χ1n) is 10.3. The van der Waals surface area contributed by atoms with Crippen LogP contribution in [0.25, 0.3) is 0 Å². The summed E-state index contributed by atoms with van der Waals surface area (Å²) in [5.41, 5.74) is 5.03. The van der Waals surface area contributed by atoms with E-state index in [9.17, 15) is 13.2 Å². The highest BCUT2D eigenvalue weighted by molar-refractivity contribution is 7.92. The standard InChI is InChI=1S/C25H28N2O3S/c1-5-23(20-14-13-17(2)19(4)15-20)26-25(28)21-10-8-11-22(16-21)31(29,30)27-24-12-7-6-9-18(24)3/h6-16,23,27H,5H2,1-4H3,(H,26,28). The summed E-state index contributed by atoms with van der Waals surface area (Å²) in [5.74, 6) is -0.307. The van der Waals surface area contributed by atoms with E-state index in [1.54, 1.807) is 24.3 Å². The number of carbonyl (C=O) groups is 1. The largest absolute Gasteiger partial charge is 0.345 e. The Morgan fingerprint density at radius 2 is 1.61 bits per heavy atom. The van der Waals surface area contributed by atoms with Crippen LogP contribution in [0.2, 0.25) is 0 Å². The van der Waals surface area contributed by atoms with Crippen molar-refractivity contribution in [3.8, 4) is 0 Å². The van der Waals surface area contributed by atoms with Gasteiger partial charge in [0.15, 0.2) is 0 Å². The molecule has 1 amide bonds. The maximum absolute atomic E-state index is 12.9. The molecule has 3 rings (SSSR count). The first kappa shape index (κ1) is 22.6. The molecule has 3 aromatic carbocycles. The lowest BCUT2D eigenvalue weighted by Gasteiger charge is -2.19. The molecule has 1 unspecified atom stereocenters. The summed E-state index contributed by atoms with van der Waals surface area (Å²) in [6.07, 6.45) is 0.723. The molecule has 0 spiro atoms. The molecule has 3 aromatic rings. The first-order chi connectivity index (χ1) is 14.7. The summed E-state index contributed by atoms with van der Waals surface area (Å²) in [6.45, 7) is 7.94. The molecule has 162 valence electrons. The Balaban J connectivity index is 1.82. The highest BCUT2D eigenvalue weighted by atomic mass is 32.2. The molecule has 0 saturated heterocycles. The second-order valence-corrected chi connectivity index (χ2v) is 9.41. The quantitative estimate of drug-likeness (QED) is 0.528. The SMILES string of the molecule is CCC(NC(=O)c1cccc(S(=O)(=O)Nc2ccccc2C)c1)c1ccc(C)c(C)c1. The molecule has 0 heterocycles. The van der Waals surface area contributed by atoms with Gasteiger partial charge in [-0.3, -0.25) is 9.52 Å². The zero-order chi connectivity index (χ0) is 22.6. The summed E-state index contributed by atoms with van der Waals surface area (Å²) in [4.78, 5) is 12.9. The summed E-state index contributed by atoms with van der Waals surface area (Å²) < 4.78 is 28.3. The van der Waals surface area contributed by atoms with E-state index in [2.05, 4.69) is 23.0 Å². The fourth-order valence-corrected chi connectivity index (χ4v) is 4.52. The second-order valence-electron chi connectivity index (χ2n) is 7.73. The number of hydrogen-bond acceptors (Lipinski definition) is 3. The van der Waals surface area contributed by atoms with E-state index in [-0.39, 0.29) is 16.8 Å². The van der Waals surface area contributed by atoms with Crippen LogP contribution in [0, 0.1) is 20.8 Å². The maximum Gasteiger partial charge on any atom is 0.261 e. The molecular formula is C25H28N2O3S. The Labute approximate surface area is 184 Å². The Morgan fingerprint density at radius 1 is 0.871 bits per heavy atom. The average Bonchev–Trinajstić information content (AvgIpc) is 2.75. The number of anilines is 1. The van der Waals surface area contributed by atoms with Crippen LogP contribution in [0.3, 0.4) is 0 Å². The van der Waals surface area contributed by atoms with Gasteiger partial charge in [-0.25, -0.2) is 8.42 Å². The van der Waals surface area contributed by atoms with Gasteiger partial charge < -0.3 is 5.32 Å². The molecular weight excluding hydrogens is 408 g/mol. The summed E-state index contributed by atoms with van der Waals surface area (Å²) in [6, 6.07) is 19.2. The molecule has 0 aliphatic heterocycles. The Morgan fingerprint density at radius 3 is 2.29 bits per heavy atom. The number of hydrogen-bond donors (Lipinski definition) is 2. The molecule has 1 atom stereocenters. The van der Waals surface area contributed by atoms with E-state index < -0.39 is 10.0 Å². The molecule has 0 radical (unpaired) electrons. The zero-order valence-corrected chi connectivity index (χ0v) is 19.1. The lowest BCUT2D eigenvalue weighted by Crippen LogP contribution is -2.28. The third kappa shape index (κ3) is 5.33. The van der Waals surface area contributed by atoms with Gasteiger partial charge in [-0.05, 0) is 73.7 Å². The summed E-state index contributed by atoms with van der Waals surface area (Å²) in [5, 5.41) is 3.03. The van der Waals surface area contributed by atoms with Crippen LogP contribution < -0.4 is 10.0 Å². The number of benzene rings is 3. The van der Waals surface area contributed by atoms with Gasteiger partial charge in [0.2, 0.25) is 0 Å². The predicted molar refractivity (Wildman–Crippen MR) is 125 cm³/mol. The molecule has 2 N–H and O–H groups in total. The monoisotopic (exact) mass is 436 g/mol. The van der Waals surface area contributed by atoms with Gasteiger partial charge in [0.25, 0.3) is 15.9 Å². The lowest BCUT2D eigenvalue weighted by molar-refractivity contribution is 0.0935. The van der Waals surface area contributed by atoms with E-state index in [1.807, 2.05) is 45.0 Å². The smallest absolute Gasteiger partial charge is 0.261 e. The van der Waals surface area contributed by atoms with Crippen molar-refractivity contribution in [2.45, 2.75) is 45.1 Å². The minimum atomic E-state index is -3.82. The van der Waals surface area contributed by atoms with Crippen LogP contribution in [-0.4, -0.2) is 14.3 Å². The molecule has 0 aliphatic carbocycles. The molecule has 0 aromatic heterocycles. The molecule has 0 saturated carbocycles. The molecule has 0 bridgehead atoms. The van der Waals surface area contributed by atoms with Crippen molar-refractivity contribution in [2.75, 3.05) is 4.72 Å². The van der Waals surface area contributed by atoms with Crippen LogP contribution >= 0.6 is 0 Å². The number of para-hydroxylation sites is 1. The first-order valence-corrected chi connectivity index (χ1v) is 11.8. The Hall–Kier alpha value is -3.12. The van der Waals surface area contributed by atoms with Crippen LogP contribution in [0.5, 0.6) is 0 Å². The maximum atomic E-state index is 12.9. The predicted octanol–water partition coefficient (Wildman–Crippen LogP) is 5.29. The fourth-order valence-electron chi connectivity index (χ4n) is 3.34. The van der Waals surface area contributed by atoms with Gasteiger partial charge in [-0.15, -0.1) is 0 Å². The summed E-state index contributed by atoms with van der Waals surface area (Å²) >= 11 is 0. The number of rotatable bonds is 7. The molecule has 31 heavy (non-hydrogen) atoms. The summed E-state index contributed by atoms with van der Waals surface area (Å²) in [7, 11) is -3.82. The van der Waals surface area contributed by atoms with Gasteiger partial charge in [0, 0.05) is 5.56 Å². The normalized spacial score (nSPS) is 12.3. The van der Waals surface area contributed by atoms with Crippen LogP contribution in [0.15, 0.2) is 71.6 Å². The van der Waals surface area contributed by atoms with E-state index in [0.717, 1.165) is 17.5 Å². The highest BCUT2D eigenvalue weighted by Gasteiger charge is 2.19. The van der Waals surface area contributed by atoms with Crippen LogP contribution in [0.1, 0.15) is 52.0 Å². The van der Waals surface area contributed by atoms with Crippen molar-refractivity contribution in [3.05, 3.63) is 94.5 Å². The molecule has 0 aliphatic rings. The highest BCUT2D eigenvalue weighted by Crippen LogP contribution is 2.22. The van der Waals surface area contributed by atoms with Crippen molar-refractivity contribution in [2.24, 2.45) is 0 Å².